The van der Waals surface area contributed by atoms with E-state index in [-0.39, 0.29) is 24.9 Å². The van der Waals surface area contributed by atoms with Crippen molar-refractivity contribution in [1.82, 2.24) is 5.32 Å². The molecule has 9 nitrogen and oxygen atoms in total. The zero-order valence-electron chi connectivity index (χ0n) is 51.8. The molecule has 0 bridgehead atoms. The first kappa shape index (κ1) is 75.7. The van der Waals surface area contributed by atoms with E-state index in [2.05, 4.69) is 62.5 Å². The molecule has 0 radical (unpaired) electrons. The third-order valence-electron chi connectivity index (χ3n) is 13.8. The SMILES string of the molecule is CC\C=C/C=C/C=C/C=C\C=C\C=C\CCCCCC(=O)OC(/C=C\CCCCCCCCCCC)C(COP(=O)([O-])OCC[N+](C)(C)C)NC(=O)CCCCCCCCCCCCCCCCC/C=C\C/C=C\CCCCC. The Labute approximate surface area is 487 Å². The summed E-state index contributed by atoms with van der Waals surface area (Å²) >= 11 is 0. The van der Waals surface area contributed by atoms with E-state index < -0.39 is 26.6 Å². The smallest absolute Gasteiger partial charge is 0.306 e. The Morgan fingerprint density at radius 2 is 0.861 bits per heavy atom. The van der Waals surface area contributed by atoms with E-state index in [1.165, 1.54) is 148 Å². The molecule has 0 saturated carbocycles. The second-order valence-electron chi connectivity index (χ2n) is 22.7. The average molecular weight is 1120 g/mol. The number of phosphoric acid groups is 1. The van der Waals surface area contributed by atoms with Crippen molar-refractivity contribution in [2.24, 2.45) is 0 Å². The molecule has 0 fully saturated rings. The third-order valence-corrected chi connectivity index (χ3v) is 14.8. The fraction of sp³-hybridized carbons (Fsp3) is 0.710. The van der Waals surface area contributed by atoms with Crippen LogP contribution in [0.25, 0.3) is 0 Å². The van der Waals surface area contributed by atoms with Crippen molar-refractivity contribution in [1.29, 1.82) is 0 Å². The Bertz CT molecular complexity index is 1720. The van der Waals surface area contributed by atoms with Crippen LogP contribution < -0.4 is 10.2 Å². The number of esters is 1. The highest BCUT2D eigenvalue weighted by Gasteiger charge is 2.27. The van der Waals surface area contributed by atoms with Gasteiger partial charge in [-0.1, -0.05) is 278 Å². The van der Waals surface area contributed by atoms with E-state index in [9.17, 15) is 19.0 Å². The Morgan fingerprint density at radius 1 is 0.468 bits per heavy atom. The van der Waals surface area contributed by atoms with Crippen molar-refractivity contribution in [2.45, 2.75) is 277 Å². The molecule has 0 aliphatic carbocycles. The lowest BCUT2D eigenvalue weighted by Crippen LogP contribution is -2.47. The lowest BCUT2D eigenvalue weighted by atomic mass is 10.0. The van der Waals surface area contributed by atoms with Gasteiger partial charge in [0.05, 0.1) is 33.8 Å². The number of amides is 1. The van der Waals surface area contributed by atoms with E-state index in [0.29, 0.717) is 23.9 Å². The fourth-order valence-corrected chi connectivity index (χ4v) is 9.60. The molecule has 3 atom stereocenters. The molecule has 0 saturated heterocycles. The number of hydrogen-bond acceptors (Lipinski definition) is 7. The van der Waals surface area contributed by atoms with Gasteiger partial charge in [0, 0.05) is 12.8 Å². The van der Waals surface area contributed by atoms with Crippen molar-refractivity contribution in [3.05, 3.63) is 109 Å². The minimum absolute atomic E-state index is 0.0347. The van der Waals surface area contributed by atoms with E-state index in [0.717, 1.165) is 77.0 Å². The number of nitrogens with zero attached hydrogens (tertiary/aromatic N) is 1. The molecule has 0 aliphatic heterocycles. The molecule has 0 heterocycles. The van der Waals surface area contributed by atoms with Gasteiger partial charge in [0.15, 0.2) is 0 Å². The molecule has 454 valence electrons. The molecule has 0 aliphatic rings. The second kappa shape index (κ2) is 57.9. The van der Waals surface area contributed by atoms with Crippen molar-refractivity contribution >= 4 is 19.7 Å². The van der Waals surface area contributed by atoms with Crippen molar-refractivity contribution < 1.29 is 37.3 Å². The highest BCUT2D eigenvalue weighted by atomic mass is 31.2. The van der Waals surface area contributed by atoms with Crippen LogP contribution in [0.2, 0.25) is 0 Å². The molecular formula is C69H121N2O7P. The number of hydrogen-bond donors (Lipinski definition) is 1. The summed E-state index contributed by atoms with van der Waals surface area (Å²) in [4.78, 5) is 40.0. The van der Waals surface area contributed by atoms with Crippen molar-refractivity contribution in [3.63, 3.8) is 0 Å². The summed E-state index contributed by atoms with van der Waals surface area (Å²) in [7, 11) is 1.15. The predicted molar refractivity (Wildman–Crippen MR) is 339 cm³/mol. The van der Waals surface area contributed by atoms with E-state index in [1.807, 2.05) is 94.1 Å². The molecule has 0 aromatic heterocycles. The molecule has 0 aromatic carbocycles. The number of carbonyl (C=O) groups excluding carboxylic acids is 2. The lowest BCUT2D eigenvalue weighted by molar-refractivity contribution is -0.870. The van der Waals surface area contributed by atoms with Crippen LogP contribution in [0.1, 0.15) is 265 Å². The first-order valence-electron chi connectivity index (χ1n) is 32.3. The van der Waals surface area contributed by atoms with Crippen LogP contribution in [-0.2, 0) is 27.9 Å². The van der Waals surface area contributed by atoms with Crippen LogP contribution in [0.15, 0.2) is 109 Å². The normalized spacial score (nSPS) is 14.4. The molecule has 3 unspecified atom stereocenters. The molecule has 79 heavy (non-hydrogen) atoms. The first-order valence-corrected chi connectivity index (χ1v) is 33.7. The molecule has 0 aromatic rings. The van der Waals surface area contributed by atoms with Crippen LogP contribution in [0.3, 0.4) is 0 Å². The Kier molecular flexibility index (Phi) is 55.4. The summed E-state index contributed by atoms with van der Waals surface area (Å²) in [6.45, 7) is 6.64. The third kappa shape index (κ3) is 59.1. The molecule has 0 rings (SSSR count). The highest BCUT2D eigenvalue weighted by Crippen LogP contribution is 2.38. The van der Waals surface area contributed by atoms with Gasteiger partial charge in [-0.2, -0.15) is 0 Å². The van der Waals surface area contributed by atoms with Gasteiger partial charge in [-0.25, -0.2) is 0 Å². The number of rotatable bonds is 57. The number of allylic oxidation sites excluding steroid dienone is 17. The maximum Gasteiger partial charge on any atom is 0.306 e. The number of quaternary nitrogens is 1. The maximum absolute atomic E-state index is 13.6. The summed E-state index contributed by atoms with van der Waals surface area (Å²) in [5, 5.41) is 3.02. The Balaban J connectivity index is 5.15. The topological polar surface area (TPSA) is 114 Å². The number of likely N-dealkylation sites (N-methyl/N-ethyl adjacent to an activating group) is 1. The Hall–Kier alpha value is -3.33. The van der Waals surface area contributed by atoms with Crippen LogP contribution >= 0.6 is 7.82 Å². The lowest BCUT2D eigenvalue weighted by Gasteiger charge is -2.30. The number of ether oxygens (including phenoxy) is 1. The summed E-state index contributed by atoms with van der Waals surface area (Å²) in [5.74, 6) is -0.595. The van der Waals surface area contributed by atoms with Gasteiger partial charge in [0.1, 0.15) is 19.3 Å². The summed E-state index contributed by atoms with van der Waals surface area (Å²) in [6.07, 6.45) is 79.2. The van der Waals surface area contributed by atoms with Gasteiger partial charge in [-0.3, -0.25) is 14.2 Å². The minimum Gasteiger partial charge on any atom is -0.756 e. The molecule has 1 N–H and O–H groups in total. The average Bonchev–Trinajstić information content (AvgIpc) is 3.41. The van der Waals surface area contributed by atoms with E-state index in [1.54, 1.807) is 0 Å². The first-order chi connectivity index (χ1) is 38.4. The van der Waals surface area contributed by atoms with E-state index >= 15 is 0 Å². The van der Waals surface area contributed by atoms with Gasteiger partial charge < -0.3 is 28.5 Å². The van der Waals surface area contributed by atoms with Crippen LogP contribution in [-0.4, -0.2) is 69.4 Å². The quantitative estimate of drug-likeness (QED) is 0.0161. The van der Waals surface area contributed by atoms with E-state index in [4.69, 9.17) is 13.8 Å². The molecule has 1 amide bonds. The monoisotopic (exact) mass is 1120 g/mol. The Morgan fingerprint density at radius 3 is 1.35 bits per heavy atom. The largest absolute Gasteiger partial charge is 0.756 e. The molecule has 10 heteroatoms. The van der Waals surface area contributed by atoms with Crippen molar-refractivity contribution in [2.75, 3.05) is 40.9 Å². The van der Waals surface area contributed by atoms with Gasteiger partial charge in [0.2, 0.25) is 5.91 Å². The molecular weight excluding hydrogens is 1000 g/mol. The van der Waals surface area contributed by atoms with Crippen LogP contribution in [0.5, 0.6) is 0 Å². The van der Waals surface area contributed by atoms with Gasteiger partial charge in [-0.05, 0) is 83.1 Å². The summed E-state index contributed by atoms with van der Waals surface area (Å²) in [5.41, 5.74) is 0. The number of carbonyl (C=O) groups is 2. The molecule has 0 spiro atoms. The number of phosphoric ester groups is 1. The van der Waals surface area contributed by atoms with Crippen molar-refractivity contribution in [3.8, 4) is 0 Å². The summed E-state index contributed by atoms with van der Waals surface area (Å²) in [6, 6.07) is -0.913. The van der Waals surface area contributed by atoms with Crippen LogP contribution in [0.4, 0.5) is 0 Å². The van der Waals surface area contributed by atoms with Gasteiger partial charge >= 0.3 is 5.97 Å². The van der Waals surface area contributed by atoms with Crippen LogP contribution in [0, 0.1) is 0 Å². The highest BCUT2D eigenvalue weighted by molar-refractivity contribution is 7.45. The van der Waals surface area contributed by atoms with Gasteiger partial charge in [-0.15, -0.1) is 0 Å². The maximum atomic E-state index is 13.6. The summed E-state index contributed by atoms with van der Waals surface area (Å²) < 4.78 is 30.3. The predicted octanol–water partition coefficient (Wildman–Crippen LogP) is 19.5. The number of unbranched alkanes of at least 4 members (excludes halogenated alkanes) is 30. The standard InChI is InChI=1S/C69H121N2O7P/c1-7-10-13-16-19-22-25-27-29-31-32-33-34-35-36-37-38-40-41-43-46-49-52-55-58-61-68(72)70-66(65-77-79(74,75)76-64-63-71(4,5)6)67(60-57-54-51-48-45-24-21-18-15-12-9-3)78-69(73)62-59-56-53-50-47-44-42-39-30-28-26-23-20-17-14-11-8-2/h11,14,17,19-20,22-23,26-30,39,42,44,47,57,60,66-67H,7-10,12-13,15-16,18,21,24-25,31-38,40-41,43,45-46,48-56,58-59,61-65H2,1-6H3,(H-,70,72,74,75)/b14-11-,20-17+,22-19-,26-23+,29-27-,30-28-,42-39+,47-44+,60-57-. The minimum atomic E-state index is -4.72. The number of nitrogens with one attached hydrogen (secondary N) is 1. The zero-order valence-corrected chi connectivity index (χ0v) is 52.7. The zero-order chi connectivity index (χ0) is 57.9. The fourth-order valence-electron chi connectivity index (χ4n) is 8.88. The second-order valence-corrected chi connectivity index (χ2v) is 24.1. The van der Waals surface area contributed by atoms with Gasteiger partial charge in [0.25, 0.3) is 7.82 Å².